The van der Waals surface area contributed by atoms with Gasteiger partial charge in [0.05, 0.1) is 24.5 Å². The van der Waals surface area contributed by atoms with Crippen LogP contribution >= 0.6 is 0 Å². The Kier molecular flexibility index (Phi) is 10.4. The fraction of sp³-hybridized carbons (Fsp3) is 0.395. The predicted octanol–water partition coefficient (Wildman–Crippen LogP) is 5.95. The van der Waals surface area contributed by atoms with Crippen LogP contribution in [0.15, 0.2) is 77.9 Å². The lowest BCUT2D eigenvalue weighted by molar-refractivity contribution is -0.141. The average Bonchev–Trinajstić information content (AvgIpc) is 3.32. The summed E-state index contributed by atoms with van der Waals surface area (Å²) in [6.45, 7) is 0.578. The molecular formula is C38H42BNO8. The number of phenolic OH excluding ortho intramolecular Hbond substituents is 1. The van der Waals surface area contributed by atoms with Crippen LogP contribution in [-0.4, -0.2) is 71.4 Å². The molecule has 250 valence electrons. The number of imide groups is 1. The molecule has 2 amide bonds. The molecule has 3 N–H and O–H groups in total. The Morgan fingerprint density at radius 3 is 2.46 bits per heavy atom. The number of amides is 2. The number of carbonyl (C=O) groups excluding carboxylic acids is 2. The van der Waals surface area contributed by atoms with Crippen LogP contribution in [0.2, 0.25) is 6.32 Å². The zero-order valence-corrected chi connectivity index (χ0v) is 27.2. The second-order valence-electron chi connectivity index (χ2n) is 13.1. The highest BCUT2D eigenvalue weighted by Gasteiger charge is 2.57. The topological polar surface area (TPSA) is 134 Å². The van der Waals surface area contributed by atoms with Gasteiger partial charge in [0, 0.05) is 25.5 Å². The van der Waals surface area contributed by atoms with Gasteiger partial charge >= 0.3 is 13.1 Å². The van der Waals surface area contributed by atoms with E-state index in [-0.39, 0.29) is 42.8 Å². The molecule has 0 unspecified atom stereocenters. The van der Waals surface area contributed by atoms with Gasteiger partial charge in [0.2, 0.25) is 11.8 Å². The van der Waals surface area contributed by atoms with E-state index in [0.29, 0.717) is 45.1 Å². The van der Waals surface area contributed by atoms with Gasteiger partial charge in [-0.2, -0.15) is 0 Å². The molecule has 3 aromatic carbocycles. The smallest absolute Gasteiger partial charge is 0.455 e. The van der Waals surface area contributed by atoms with E-state index in [2.05, 4.69) is 18.2 Å². The molecule has 2 aliphatic heterocycles. The highest BCUT2D eigenvalue weighted by Crippen LogP contribution is 2.51. The van der Waals surface area contributed by atoms with Crippen LogP contribution in [-0.2, 0) is 23.8 Å². The minimum absolute atomic E-state index is 0.0643. The molecule has 2 saturated heterocycles. The van der Waals surface area contributed by atoms with Gasteiger partial charge in [-0.3, -0.25) is 19.3 Å². The summed E-state index contributed by atoms with van der Waals surface area (Å²) >= 11 is 0. The molecule has 2 fully saturated rings. The van der Waals surface area contributed by atoms with Crippen molar-refractivity contribution in [1.82, 2.24) is 4.90 Å². The van der Waals surface area contributed by atoms with Crippen molar-refractivity contribution in [2.45, 2.75) is 57.4 Å². The molecule has 9 nitrogen and oxygen atoms in total. The summed E-state index contributed by atoms with van der Waals surface area (Å²) < 4.78 is 11.8. The number of carbonyl (C=O) groups is 3. The fourth-order valence-electron chi connectivity index (χ4n) is 7.94. The molecule has 10 heteroatoms. The van der Waals surface area contributed by atoms with Crippen LogP contribution in [0.4, 0.5) is 0 Å². The number of benzene rings is 3. The third kappa shape index (κ3) is 6.97. The van der Waals surface area contributed by atoms with Gasteiger partial charge in [0.1, 0.15) is 5.75 Å². The summed E-state index contributed by atoms with van der Waals surface area (Å²) in [6.07, 6.45) is 5.19. The molecule has 3 aliphatic rings. The SMILES string of the molecule is COCC1=C2[C@@H](CC/C(=C/c3ccc(O)c4ccccc34)c3ccccc3)OB(O)C[C@@H]2[C@@H]2C(=O)N(CCCCCC(=O)O)C(=O)[C@@H]2C1. The fourth-order valence-corrected chi connectivity index (χ4v) is 7.94. The first-order chi connectivity index (χ1) is 23.3. The number of nitrogens with zero attached hydrogens (tertiary/aromatic N) is 1. The Labute approximate surface area is 281 Å². The summed E-state index contributed by atoms with van der Waals surface area (Å²) in [5, 5.41) is 32.1. The number of unbranched alkanes of at least 4 members (excludes halogenated alkanes) is 2. The van der Waals surface area contributed by atoms with Gasteiger partial charge in [0.25, 0.3) is 0 Å². The van der Waals surface area contributed by atoms with Crippen molar-refractivity contribution in [3.05, 3.63) is 89.0 Å². The molecular weight excluding hydrogens is 609 g/mol. The summed E-state index contributed by atoms with van der Waals surface area (Å²) in [6, 6.07) is 21.5. The molecule has 2 heterocycles. The molecule has 0 saturated carbocycles. The lowest BCUT2D eigenvalue weighted by Crippen LogP contribution is -2.46. The molecule has 0 aromatic heterocycles. The van der Waals surface area contributed by atoms with Crippen molar-refractivity contribution < 1.29 is 39.0 Å². The van der Waals surface area contributed by atoms with Crippen molar-refractivity contribution in [3.8, 4) is 5.75 Å². The van der Waals surface area contributed by atoms with Gasteiger partial charge in [0.15, 0.2) is 0 Å². The van der Waals surface area contributed by atoms with Crippen LogP contribution in [0.3, 0.4) is 0 Å². The quantitative estimate of drug-likeness (QED) is 0.0679. The highest BCUT2D eigenvalue weighted by molar-refractivity contribution is 6.43. The van der Waals surface area contributed by atoms with E-state index < -0.39 is 31.0 Å². The van der Waals surface area contributed by atoms with E-state index in [0.717, 1.165) is 38.6 Å². The number of carboxylic acids is 1. The summed E-state index contributed by atoms with van der Waals surface area (Å²) in [7, 11) is 0.537. The van der Waals surface area contributed by atoms with Crippen LogP contribution in [0.5, 0.6) is 5.75 Å². The van der Waals surface area contributed by atoms with E-state index in [1.807, 2.05) is 48.5 Å². The van der Waals surface area contributed by atoms with Crippen LogP contribution in [0, 0.1) is 17.8 Å². The second-order valence-corrected chi connectivity index (χ2v) is 13.1. The number of methoxy groups -OCH3 is 1. The first-order valence-electron chi connectivity index (χ1n) is 16.8. The summed E-state index contributed by atoms with van der Waals surface area (Å²) in [5.41, 5.74) is 5.02. The number of phenols is 1. The number of hydrogen-bond acceptors (Lipinski definition) is 7. The van der Waals surface area contributed by atoms with Gasteiger partial charge in [-0.05, 0) is 83.6 Å². The van der Waals surface area contributed by atoms with Gasteiger partial charge in [-0.15, -0.1) is 0 Å². The maximum Gasteiger partial charge on any atom is 0.455 e. The van der Waals surface area contributed by atoms with Crippen LogP contribution in [0.25, 0.3) is 22.4 Å². The average molecular weight is 652 g/mol. The Balaban J connectivity index is 1.28. The van der Waals surface area contributed by atoms with Gasteiger partial charge in [-0.25, -0.2) is 0 Å². The highest BCUT2D eigenvalue weighted by atomic mass is 16.5. The maximum atomic E-state index is 13.8. The first kappa shape index (κ1) is 33.6. The lowest BCUT2D eigenvalue weighted by atomic mass is 9.58. The Morgan fingerprint density at radius 2 is 1.71 bits per heavy atom. The van der Waals surface area contributed by atoms with E-state index in [1.54, 1.807) is 13.2 Å². The minimum atomic E-state index is -1.08. The maximum absolute atomic E-state index is 13.8. The molecule has 6 rings (SSSR count). The zero-order chi connectivity index (χ0) is 33.8. The van der Waals surface area contributed by atoms with Crippen molar-refractivity contribution in [2.75, 3.05) is 20.3 Å². The van der Waals surface area contributed by atoms with Crippen LogP contribution in [0.1, 0.15) is 56.1 Å². The molecule has 0 bridgehead atoms. The van der Waals surface area contributed by atoms with Crippen molar-refractivity contribution in [1.29, 1.82) is 0 Å². The number of aliphatic carboxylic acids is 1. The van der Waals surface area contributed by atoms with Crippen molar-refractivity contribution >= 4 is 47.3 Å². The summed E-state index contributed by atoms with van der Waals surface area (Å²) in [4.78, 5) is 39.7. The van der Waals surface area contributed by atoms with Crippen molar-refractivity contribution in [2.24, 2.45) is 17.8 Å². The van der Waals surface area contributed by atoms with Gasteiger partial charge in [-0.1, -0.05) is 73.2 Å². The number of fused-ring (bicyclic) bond motifs is 4. The molecule has 0 radical (unpaired) electrons. The lowest BCUT2D eigenvalue weighted by Gasteiger charge is -2.43. The number of aromatic hydroxyl groups is 1. The predicted molar refractivity (Wildman–Crippen MR) is 184 cm³/mol. The number of likely N-dealkylation sites (tertiary alicyclic amines) is 1. The summed E-state index contributed by atoms with van der Waals surface area (Å²) in [5.74, 6) is -2.45. The minimum Gasteiger partial charge on any atom is -0.507 e. The van der Waals surface area contributed by atoms with Gasteiger partial charge < -0.3 is 24.6 Å². The standard InChI is InChI=1S/C38H42BNO8/c1-47-23-27-21-30-36(38(45)40(37(30)44)19-9-3-6-14-34(42)43)31-22-39(46)48-33(35(27)31)18-16-25(24-10-4-2-5-11-24)20-26-15-17-32(41)29-13-8-7-12-28(26)29/h2,4-5,7-8,10-13,15,17,20,30-31,33,36,41,46H,3,6,9,14,16,18-19,21-23H2,1H3,(H,42,43)/b25-20-/t30-,31+,33-,36-/m1/s1. The van der Waals surface area contributed by atoms with E-state index in [9.17, 15) is 24.5 Å². The monoisotopic (exact) mass is 651 g/mol. The third-order valence-electron chi connectivity index (χ3n) is 10.1. The first-order valence-corrected chi connectivity index (χ1v) is 16.8. The number of carboxylic acid groups (broad SMARTS) is 1. The largest absolute Gasteiger partial charge is 0.507 e. The molecule has 1 aliphatic carbocycles. The van der Waals surface area contributed by atoms with E-state index in [1.165, 1.54) is 4.90 Å². The van der Waals surface area contributed by atoms with E-state index >= 15 is 0 Å². The molecule has 3 aromatic rings. The number of allylic oxidation sites excluding steroid dienone is 1. The van der Waals surface area contributed by atoms with E-state index in [4.69, 9.17) is 14.5 Å². The number of ether oxygens (including phenoxy) is 1. The third-order valence-corrected chi connectivity index (χ3v) is 10.1. The molecule has 48 heavy (non-hydrogen) atoms. The molecule has 0 spiro atoms. The Hall–Kier alpha value is -4.25. The van der Waals surface area contributed by atoms with Crippen molar-refractivity contribution in [3.63, 3.8) is 0 Å². The normalized spacial score (nSPS) is 22.8. The number of hydrogen-bond donors (Lipinski definition) is 3. The Bertz CT molecular complexity index is 1740. The van der Waals surface area contributed by atoms with Crippen LogP contribution < -0.4 is 0 Å². The number of rotatable bonds is 13. The Morgan fingerprint density at radius 1 is 0.958 bits per heavy atom. The molecule has 4 atom stereocenters. The zero-order valence-electron chi connectivity index (χ0n) is 27.2. The second kappa shape index (κ2) is 14.9.